The molecule has 0 amide bonds. The first-order valence-electron chi connectivity index (χ1n) is 6.83. The van der Waals surface area contributed by atoms with E-state index in [2.05, 4.69) is 15.7 Å². The number of nitrogens with one attached hydrogen (secondary N) is 2. The minimum absolute atomic E-state index is 0.607. The number of halogens is 1. The molecule has 0 aromatic heterocycles. The van der Waals surface area contributed by atoms with Crippen LogP contribution in [0.2, 0.25) is 5.02 Å². The molecule has 0 aliphatic heterocycles. The number of rotatable bonds is 8. The van der Waals surface area contributed by atoms with E-state index < -0.39 is 0 Å². The molecule has 0 saturated heterocycles. The molecule has 0 aliphatic rings. The molecule has 0 atom stereocenters. The van der Waals surface area contributed by atoms with E-state index in [0.29, 0.717) is 12.5 Å². The molecule has 112 valence electrons. The van der Waals surface area contributed by atoms with Gasteiger partial charge in [0.15, 0.2) is 0 Å². The molecule has 1 aromatic carbocycles. The van der Waals surface area contributed by atoms with E-state index in [1.165, 1.54) is 5.56 Å². The Morgan fingerprint density at radius 1 is 1.35 bits per heavy atom. The molecule has 20 heavy (non-hydrogen) atoms. The summed E-state index contributed by atoms with van der Waals surface area (Å²) in [5, 5.41) is 3.92. The molecule has 0 spiro atoms. The van der Waals surface area contributed by atoms with Crippen molar-refractivity contribution >= 4 is 17.6 Å². The molecule has 1 aromatic rings. The molecule has 0 radical (unpaired) electrons. The van der Waals surface area contributed by atoms with Crippen LogP contribution in [0.3, 0.4) is 0 Å². The molecule has 0 unspecified atom stereocenters. The van der Waals surface area contributed by atoms with Crippen LogP contribution in [-0.4, -0.2) is 32.3 Å². The standard InChI is InChI=1S/C14H23ClN4O/c1-2-20-11-3-9-17-14(19-16)18-10-8-12-4-6-13(15)7-5-12/h4-7H,2-3,8-11,16H2,1H3,(H2,17,18,19). The molecule has 4 N–H and O–H groups in total. The number of hydrogen-bond donors (Lipinski definition) is 3. The average Bonchev–Trinajstić information content (AvgIpc) is 2.47. The monoisotopic (exact) mass is 298 g/mol. The first-order chi connectivity index (χ1) is 9.76. The van der Waals surface area contributed by atoms with E-state index in [1.807, 2.05) is 31.2 Å². The van der Waals surface area contributed by atoms with Gasteiger partial charge in [-0.2, -0.15) is 0 Å². The summed E-state index contributed by atoms with van der Waals surface area (Å²) in [6.45, 7) is 4.89. The number of aliphatic imine (C=N–C) groups is 1. The fourth-order valence-electron chi connectivity index (χ4n) is 1.63. The van der Waals surface area contributed by atoms with Crippen LogP contribution in [0.1, 0.15) is 18.9 Å². The van der Waals surface area contributed by atoms with Crippen molar-refractivity contribution in [2.24, 2.45) is 10.8 Å². The van der Waals surface area contributed by atoms with Crippen LogP contribution in [0.4, 0.5) is 0 Å². The van der Waals surface area contributed by atoms with Crippen LogP contribution in [0.5, 0.6) is 0 Å². The van der Waals surface area contributed by atoms with Crippen LogP contribution in [0, 0.1) is 0 Å². The first kappa shape index (κ1) is 16.8. The molecule has 0 heterocycles. The average molecular weight is 299 g/mol. The number of benzene rings is 1. The second kappa shape index (κ2) is 10.5. The predicted molar refractivity (Wildman–Crippen MR) is 83.9 cm³/mol. The number of nitrogens with zero attached hydrogens (tertiary/aromatic N) is 1. The lowest BCUT2D eigenvalue weighted by Crippen LogP contribution is -2.42. The van der Waals surface area contributed by atoms with E-state index in [4.69, 9.17) is 22.2 Å². The van der Waals surface area contributed by atoms with Gasteiger partial charge in [0.05, 0.1) is 0 Å². The summed E-state index contributed by atoms with van der Waals surface area (Å²) >= 11 is 5.84. The van der Waals surface area contributed by atoms with Gasteiger partial charge in [-0.05, 0) is 37.5 Å². The molecule has 0 bridgehead atoms. The molecule has 0 saturated carbocycles. The van der Waals surface area contributed by atoms with E-state index in [9.17, 15) is 0 Å². The van der Waals surface area contributed by atoms with Crippen molar-refractivity contribution in [1.29, 1.82) is 0 Å². The maximum absolute atomic E-state index is 5.84. The van der Waals surface area contributed by atoms with Crippen molar-refractivity contribution in [3.8, 4) is 0 Å². The normalized spacial score (nSPS) is 11.4. The third kappa shape index (κ3) is 7.33. The van der Waals surface area contributed by atoms with Crippen LogP contribution < -0.4 is 16.6 Å². The zero-order valence-corrected chi connectivity index (χ0v) is 12.6. The predicted octanol–water partition coefficient (Wildman–Crippen LogP) is 1.72. The van der Waals surface area contributed by atoms with Gasteiger partial charge >= 0.3 is 0 Å². The summed E-state index contributed by atoms with van der Waals surface area (Å²) in [6, 6.07) is 7.80. The van der Waals surface area contributed by atoms with Crippen molar-refractivity contribution in [1.82, 2.24) is 10.7 Å². The topological polar surface area (TPSA) is 71.7 Å². The van der Waals surface area contributed by atoms with E-state index in [1.54, 1.807) is 0 Å². The van der Waals surface area contributed by atoms with Gasteiger partial charge < -0.3 is 10.1 Å². The van der Waals surface area contributed by atoms with Crippen molar-refractivity contribution in [3.63, 3.8) is 0 Å². The van der Waals surface area contributed by atoms with E-state index in [-0.39, 0.29) is 0 Å². The molecule has 5 nitrogen and oxygen atoms in total. The maximum Gasteiger partial charge on any atom is 0.205 e. The summed E-state index contributed by atoms with van der Waals surface area (Å²) in [4.78, 5) is 4.33. The Kier molecular flexibility index (Phi) is 8.78. The van der Waals surface area contributed by atoms with Gasteiger partial charge in [-0.3, -0.25) is 10.4 Å². The second-order valence-electron chi connectivity index (χ2n) is 4.23. The Hall–Kier alpha value is -1.30. The highest BCUT2D eigenvalue weighted by Crippen LogP contribution is 2.09. The van der Waals surface area contributed by atoms with E-state index >= 15 is 0 Å². The Morgan fingerprint density at radius 2 is 2.10 bits per heavy atom. The minimum Gasteiger partial charge on any atom is -0.382 e. The largest absolute Gasteiger partial charge is 0.382 e. The van der Waals surface area contributed by atoms with Crippen molar-refractivity contribution < 1.29 is 4.74 Å². The van der Waals surface area contributed by atoms with Crippen LogP contribution >= 0.6 is 11.6 Å². The molecule has 0 aliphatic carbocycles. The van der Waals surface area contributed by atoms with Gasteiger partial charge in [0.2, 0.25) is 5.96 Å². The second-order valence-corrected chi connectivity index (χ2v) is 4.66. The van der Waals surface area contributed by atoms with Crippen molar-refractivity contribution in [2.75, 3.05) is 26.3 Å². The number of guanidine groups is 1. The molecular weight excluding hydrogens is 276 g/mol. The number of ether oxygens (including phenoxy) is 1. The number of hydrazine groups is 1. The fraction of sp³-hybridized carbons (Fsp3) is 0.500. The molecule has 6 heteroatoms. The SMILES string of the molecule is CCOCCCN=C(NN)NCCc1ccc(Cl)cc1. The van der Waals surface area contributed by atoms with Crippen molar-refractivity contribution in [2.45, 2.75) is 19.8 Å². The maximum atomic E-state index is 5.84. The van der Waals surface area contributed by atoms with Gasteiger partial charge in [-0.15, -0.1) is 0 Å². The van der Waals surface area contributed by atoms with Crippen LogP contribution in [-0.2, 0) is 11.2 Å². The van der Waals surface area contributed by atoms with Crippen LogP contribution in [0.25, 0.3) is 0 Å². The lowest BCUT2D eigenvalue weighted by Gasteiger charge is -2.09. The van der Waals surface area contributed by atoms with Gasteiger partial charge in [0.1, 0.15) is 0 Å². The minimum atomic E-state index is 0.607. The highest BCUT2D eigenvalue weighted by molar-refractivity contribution is 6.30. The molecule has 0 fully saturated rings. The van der Waals surface area contributed by atoms with Gasteiger partial charge in [-0.1, -0.05) is 23.7 Å². The Labute approximate surface area is 125 Å². The zero-order chi connectivity index (χ0) is 14.6. The smallest absolute Gasteiger partial charge is 0.205 e. The van der Waals surface area contributed by atoms with Crippen molar-refractivity contribution in [3.05, 3.63) is 34.9 Å². The van der Waals surface area contributed by atoms with Crippen LogP contribution in [0.15, 0.2) is 29.3 Å². The lowest BCUT2D eigenvalue weighted by atomic mass is 10.1. The molecular formula is C14H23ClN4O. The third-order valence-electron chi connectivity index (χ3n) is 2.68. The Bertz CT molecular complexity index is 395. The highest BCUT2D eigenvalue weighted by Gasteiger charge is 1.97. The summed E-state index contributed by atoms with van der Waals surface area (Å²) < 4.78 is 5.25. The fourth-order valence-corrected chi connectivity index (χ4v) is 1.76. The summed E-state index contributed by atoms with van der Waals surface area (Å²) in [5.74, 6) is 6.03. The Morgan fingerprint density at radius 3 is 2.75 bits per heavy atom. The Balaban J connectivity index is 2.23. The number of nitrogens with two attached hydrogens (primary N) is 1. The quantitative estimate of drug-likeness (QED) is 0.225. The number of hydrogen-bond acceptors (Lipinski definition) is 3. The van der Waals surface area contributed by atoms with Gasteiger partial charge in [0, 0.05) is 31.3 Å². The highest BCUT2D eigenvalue weighted by atomic mass is 35.5. The van der Waals surface area contributed by atoms with Gasteiger partial charge in [-0.25, -0.2) is 5.84 Å². The summed E-state index contributed by atoms with van der Waals surface area (Å²) in [6.07, 6.45) is 1.77. The summed E-state index contributed by atoms with van der Waals surface area (Å²) in [5.41, 5.74) is 3.78. The third-order valence-corrected chi connectivity index (χ3v) is 2.93. The molecule has 1 rings (SSSR count). The summed E-state index contributed by atoms with van der Waals surface area (Å²) in [7, 11) is 0. The van der Waals surface area contributed by atoms with Gasteiger partial charge in [0.25, 0.3) is 0 Å². The zero-order valence-electron chi connectivity index (χ0n) is 11.9. The van der Waals surface area contributed by atoms with E-state index in [0.717, 1.165) is 37.6 Å². The first-order valence-corrected chi connectivity index (χ1v) is 7.21. The lowest BCUT2D eigenvalue weighted by molar-refractivity contribution is 0.146.